The summed E-state index contributed by atoms with van der Waals surface area (Å²) in [5.41, 5.74) is 0. The van der Waals surface area contributed by atoms with Crippen molar-refractivity contribution in [2.45, 2.75) is 13.3 Å². The van der Waals surface area contributed by atoms with Crippen molar-refractivity contribution in [3.8, 4) is 6.07 Å². The molecular weight excluding hydrogens is 268 g/mol. The predicted octanol–water partition coefficient (Wildman–Crippen LogP) is -0.0836. The second kappa shape index (κ2) is 8.32. The van der Waals surface area contributed by atoms with E-state index in [1.165, 1.54) is 0 Å². The van der Waals surface area contributed by atoms with E-state index in [2.05, 4.69) is 16.3 Å². The Balaban J connectivity index is 1.83. The Labute approximate surface area is 127 Å². The van der Waals surface area contributed by atoms with Gasteiger partial charge in [0, 0.05) is 38.6 Å². The number of hydrogen-bond acceptors (Lipinski definition) is 5. The van der Waals surface area contributed by atoms with E-state index in [0.29, 0.717) is 25.4 Å². The van der Waals surface area contributed by atoms with E-state index in [0.717, 1.165) is 45.9 Å². The van der Waals surface area contributed by atoms with E-state index >= 15 is 0 Å². The van der Waals surface area contributed by atoms with E-state index in [4.69, 9.17) is 10.00 Å². The number of morpholine rings is 1. The van der Waals surface area contributed by atoms with Gasteiger partial charge in [-0.15, -0.1) is 0 Å². The molecule has 2 rings (SSSR count). The summed E-state index contributed by atoms with van der Waals surface area (Å²) in [5.74, 6) is 0.699. The Morgan fingerprint density at radius 2 is 2.14 bits per heavy atom. The Hall–Kier alpha value is -1.16. The average molecular weight is 294 g/mol. The van der Waals surface area contributed by atoms with Gasteiger partial charge in [-0.05, 0) is 19.0 Å². The maximum atomic E-state index is 12.6. The number of carbonyl (C=O) groups is 1. The van der Waals surface area contributed by atoms with Gasteiger partial charge in [0.25, 0.3) is 0 Å². The smallest absolute Gasteiger partial charge is 0.225 e. The molecule has 0 aromatic carbocycles. The van der Waals surface area contributed by atoms with E-state index in [-0.39, 0.29) is 11.8 Å². The fraction of sp³-hybridized carbons (Fsp3) is 0.867. The molecule has 2 aliphatic rings. The Kier molecular flexibility index (Phi) is 6.43. The quantitative estimate of drug-likeness (QED) is 0.711. The van der Waals surface area contributed by atoms with Crippen molar-refractivity contribution in [3.63, 3.8) is 0 Å². The average Bonchev–Trinajstić information content (AvgIpc) is 2.46. The first kappa shape index (κ1) is 16.2. The summed E-state index contributed by atoms with van der Waals surface area (Å²) in [6, 6.07) is 2.15. The van der Waals surface area contributed by atoms with E-state index in [1.54, 1.807) is 0 Å². The molecule has 2 fully saturated rings. The van der Waals surface area contributed by atoms with Crippen molar-refractivity contribution in [3.05, 3.63) is 0 Å². The van der Waals surface area contributed by atoms with Crippen LogP contribution in [0.25, 0.3) is 0 Å². The summed E-state index contributed by atoms with van der Waals surface area (Å²) < 4.78 is 5.34. The number of nitrogens with one attached hydrogen (secondary N) is 1. The molecular formula is C15H26N4O2. The molecule has 0 spiro atoms. The summed E-state index contributed by atoms with van der Waals surface area (Å²) in [6.45, 7) is 9.43. The van der Waals surface area contributed by atoms with Gasteiger partial charge in [0.05, 0.1) is 25.7 Å². The SMILES string of the molecule is CC(C(=O)N(CCC#N)CCN1CCOCC1)C1CNC1. The highest BCUT2D eigenvalue weighted by molar-refractivity contribution is 5.79. The molecule has 1 N–H and O–H groups in total. The van der Waals surface area contributed by atoms with Crippen molar-refractivity contribution in [2.75, 3.05) is 59.0 Å². The topological polar surface area (TPSA) is 68.6 Å². The van der Waals surface area contributed by atoms with Gasteiger partial charge >= 0.3 is 0 Å². The van der Waals surface area contributed by atoms with Gasteiger partial charge in [0.15, 0.2) is 0 Å². The van der Waals surface area contributed by atoms with Crippen molar-refractivity contribution in [2.24, 2.45) is 11.8 Å². The molecule has 2 aliphatic heterocycles. The molecule has 6 nitrogen and oxygen atoms in total. The number of hydrogen-bond donors (Lipinski definition) is 1. The number of amides is 1. The molecule has 2 heterocycles. The van der Waals surface area contributed by atoms with Crippen LogP contribution in [0.15, 0.2) is 0 Å². The summed E-state index contributed by atoms with van der Waals surface area (Å²) in [5, 5.41) is 12.0. The third-order valence-electron chi connectivity index (χ3n) is 4.50. The van der Waals surface area contributed by atoms with Crippen LogP contribution in [0.2, 0.25) is 0 Å². The highest BCUT2D eigenvalue weighted by atomic mass is 16.5. The zero-order valence-electron chi connectivity index (χ0n) is 12.9. The fourth-order valence-corrected chi connectivity index (χ4v) is 2.76. The molecule has 0 aliphatic carbocycles. The molecule has 1 amide bonds. The Bertz CT molecular complexity index is 372. The second-order valence-corrected chi connectivity index (χ2v) is 5.89. The Morgan fingerprint density at radius 1 is 1.43 bits per heavy atom. The molecule has 0 radical (unpaired) electrons. The van der Waals surface area contributed by atoms with Crippen LogP contribution in [0.1, 0.15) is 13.3 Å². The number of nitrogens with zero attached hydrogens (tertiary/aromatic N) is 3. The zero-order chi connectivity index (χ0) is 15.1. The third kappa shape index (κ3) is 4.67. The third-order valence-corrected chi connectivity index (χ3v) is 4.50. The predicted molar refractivity (Wildman–Crippen MR) is 79.6 cm³/mol. The van der Waals surface area contributed by atoms with Crippen LogP contribution >= 0.6 is 0 Å². The van der Waals surface area contributed by atoms with Crippen LogP contribution in [0.3, 0.4) is 0 Å². The van der Waals surface area contributed by atoms with E-state index in [1.807, 2.05) is 11.8 Å². The molecule has 0 bridgehead atoms. The molecule has 2 saturated heterocycles. The first-order valence-corrected chi connectivity index (χ1v) is 7.89. The number of nitriles is 1. The molecule has 0 aromatic rings. The first-order chi connectivity index (χ1) is 10.2. The summed E-state index contributed by atoms with van der Waals surface area (Å²) in [6.07, 6.45) is 0.407. The highest BCUT2D eigenvalue weighted by Gasteiger charge is 2.31. The lowest BCUT2D eigenvalue weighted by molar-refractivity contribution is -0.137. The van der Waals surface area contributed by atoms with Crippen LogP contribution in [0, 0.1) is 23.2 Å². The largest absolute Gasteiger partial charge is 0.379 e. The summed E-state index contributed by atoms with van der Waals surface area (Å²) in [7, 11) is 0. The highest BCUT2D eigenvalue weighted by Crippen LogP contribution is 2.18. The minimum atomic E-state index is 0.0506. The zero-order valence-corrected chi connectivity index (χ0v) is 12.9. The van der Waals surface area contributed by atoms with Crippen LogP contribution in [-0.4, -0.2) is 74.7 Å². The van der Waals surface area contributed by atoms with Gasteiger partial charge in [0.1, 0.15) is 0 Å². The van der Waals surface area contributed by atoms with Crippen molar-refractivity contribution < 1.29 is 9.53 Å². The minimum Gasteiger partial charge on any atom is -0.379 e. The van der Waals surface area contributed by atoms with Crippen LogP contribution in [0.5, 0.6) is 0 Å². The normalized spacial score (nSPS) is 21.3. The van der Waals surface area contributed by atoms with Crippen LogP contribution in [-0.2, 0) is 9.53 Å². The lowest BCUT2D eigenvalue weighted by Gasteiger charge is -2.36. The lowest BCUT2D eigenvalue weighted by atomic mass is 9.88. The fourth-order valence-electron chi connectivity index (χ4n) is 2.76. The van der Waals surface area contributed by atoms with E-state index in [9.17, 15) is 4.79 Å². The molecule has 1 atom stereocenters. The van der Waals surface area contributed by atoms with Gasteiger partial charge in [-0.25, -0.2) is 0 Å². The number of carbonyl (C=O) groups excluding carboxylic acids is 1. The van der Waals surface area contributed by atoms with Gasteiger partial charge < -0.3 is 15.0 Å². The maximum Gasteiger partial charge on any atom is 0.225 e. The number of ether oxygens (including phenoxy) is 1. The standard InChI is InChI=1S/C15H26N4O2/c1-13(14-11-17-12-14)15(20)19(4-2-3-16)6-5-18-7-9-21-10-8-18/h13-14,17H,2,4-12H2,1H3. The van der Waals surface area contributed by atoms with Crippen molar-refractivity contribution in [1.29, 1.82) is 5.26 Å². The Morgan fingerprint density at radius 3 is 2.71 bits per heavy atom. The van der Waals surface area contributed by atoms with Gasteiger partial charge in [0.2, 0.25) is 5.91 Å². The molecule has 118 valence electrons. The maximum absolute atomic E-state index is 12.6. The van der Waals surface area contributed by atoms with Crippen LogP contribution < -0.4 is 5.32 Å². The van der Waals surface area contributed by atoms with Gasteiger partial charge in [-0.1, -0.05) is 6.92 Å². The number of rotatable bonds is 7. The molecule has 1 unspecified atom stereocenters. The van der Waals surface area contributed by atoms with E-state index < -0.39 is 0 Å². The van der Waals surface area contributed by atoms with Gasteiger partial charge in [-0.2, -0.15) is 5.26 Å². The molecule has 0 saturated carbocycles. The van der Waals surface area contributed by atoms with Gasteiger partial charge in [-0.3, -0.25) is 9.69 Å². The molecule has 0 aromatic heterocycles. The van der Waals surface area contributed by atoms with Crippen molar-refractivity contribution in [1.82, 2.24) is 15.1 Å². The summed E-state index contributed by atoms with van der Waals surface area (Å²) >= 11 is 0. The van der Waals surface area contributed by atoms with Crippen molar-refractivity contribution >= 4 is 5.91 Å². The minimum absolute atomic E-state index is 0.0506. The lowest BCUT2D eigenvalue weighted by Crippen LogP contribution is -2.51. The molecule has 6 heteroatoms. The monoisotopic (exact) mass is 294 g/mol. The molecule has 21 heavy (non-hydrogen) atoms. The second-order valence-electron chi connectivity index (χ2n) is 5.89. The summed E-state index contributed by atoms with van der Waals surface area (Å²) in [4.78, 5) is 16.8. The van der Waals surface area contributed by atoms with Crippen LogP contribution in [0.4, 0.5) is 0 Å². The first-order valence-electron chi connectivity index (χ1n) is 7.89.